The second-order valence-electron chi connectivity index (χ2n) is 6.97. The van der Waals surface area contributed by atoms with Gasteiger partial charge < -0.3 is 9.80 Å². The van der Waals surface area contributed by atoms with E-state index in [0.717, 1.165) is 24.3 Å². The molecule has 0 unspecified atom stereocenters. The third kappa shape index (κ3) is 3.44. The first kappa shape index (κ1) is 18.7. The van der Waals surface area contributed by atoms with Crippen molar-refractivity contribution in [1.82, 2.24) is 9.21 Å². The molecule has 6 nitrogen and oxygen atoms in total. The van der Waals surface area contributed by atoms with Gasteiger partial charge in [0.25, 0.3) is 10.0 Å². The molecule has 0 radical (unpaired) electrons. The van der Waals surface area contributed by atoms with E-state index in [0.29, 0.717) is 37.0 Å². The summed E-state index contributed by atoms with van der Waals surface area (Å²) in [5.41, 5.74) is 1.70. The fourth-order valence-electron chi connectivity index (χ4n) is 3.69. The van der Waals surface area contributed by atoms with Crippen LogP contribution in [0, 0.1) is 12.7 Å². The molecule has 0 atom stereocenters. The second kappa shape index (κ2) is 7.43. The molecule has 1 fully saturated rings. The molecule has 8 heteroatoms. The smallest absolute Gasteiger partial charge is 0.266 e. The van der Waals surface area contributed by atoms with E-state index in [-0.39, 0.29) is 5.82 Å². The zero-order valence-electron chi connectivity index (χ0n) is 15.8. The van der Waals surface area contributed by atoms with Gasteiger partial charge in [-0.15, -0.1) is 0 Å². The third-order valence-corrected chi connectivity index (χ3v) is 7.14. The van der Waals surface area contributed by atoms with Crippen LogP contribution >= 0.6 is 0 Å². The van der Waals surface area contributed by atoms with Crippen molar-refractivity contribution in [2.45, 2.75) is 11.8 Å². The van der Waals surface area contributed by atoms with Crippen LogP contribution in [0.3, 0.4) is 0 Å². The van der Waals surface area contributed by atoms with Gasteiger partial charge in [-0.2, -0.15) is 0 Å². The highest BCUT2D eigenvalue weighted by molar-refractivity contribution is 7.89. The lowest BCUT2D eigenvalue weighted by Crippen LogP contribution is -2.53. The number of hydrogen-bond acceptors (Lipinski definition) is 5. The van der Waals surface area contributed by atoms with Crippen LogP contribution in [-0.2, 0) is 10.0 Å². The molecular weight excluding hydrogens is 379 g/mol. The maximum atomic E-state index is 13.2. The first-order chi connectivity index (χ1) is 13.5. The number of halogens is 1. The molecule has 2 aromatic carbocycles. The van der Waals surface area contributed by atoms with Crippen molar-refractivity contribution < 1.29 is 12.8 Å². The maximum Gasteiger partial charge on any atom is 0.266 e. The van der Waals surface area contributed by atoms with Crippen LogP contribution in [-0.4, -0.2) is 62.9 Å². The molecule has 2 heterocycles. The summed E-state index contributed by atoms with van der Waals surface area (Å²) >= 11 is 0. The van der Waals surface area contributed by atoms with Crippen LogP contribution in [0.1, 0.15) is 5.56 Å². The fourth-order valence-corrected chi connectivity index (χ4v) is 5.36. The average molecular weight is 402 g/mol. The molecule has 0 aliphatic carbocycles. The lowest BCUT2D eigenvalue weighted by molar-refractivity contribution is 0.358. The van der Waals surface area contributed by atoms with E-state index in [2.05, 4.69) is 9.89 Å². The number of hydrogen-bond donors (Lipinski definition) is 0. The Bertz CT molecular complexity index is 984. The first-order valence-corrected chi connectivity index (χ1v) is 10.8. The summed E-state index contributed by atoms with van der Waals surface area (Å²) in [6, 6.07) is 13.5. The van der Waals surface area contributed by atoms with Crippen molar-refractivity contribution in [1.29, 1.82) is 0 Å². The molecule has 2 aliphatic rings. The fraction of sp³-hybridized carbons (Fsp3) is 0.350. The molecule has 4 rings (SSSR count). The van der Waals surface area contributed by atoms with E-state index in [1.54, 1.807) is 37.3 Å². The van der Waals surface area contributed by atoms with Crippen molar-refractivity contribution in [3.05, 3.63) is 59.9 Å². The highest BCUT2D eigenvalue weighted by atomic mass is 32.2. The summed E-state index contributed by atoms with van der Waals surface area (Å²) in [4.78, 5) is 9.02. The first-order valence-electron chi connectivity index (χ1n) is 9.35. The Kier molecular flexibility index (Phi) is 4.97. The number of anilines is 1. The van der Waals surface area contributed by atoms with Gasteiger partial charge in [-0.3, -0.25) is 4.99 Å². The largest absolute Gasteiger partial charge is 0.368 e. The maximum absolute atomic E-state index is 13.2. The van der Waals surface area contributed by atoms with Gasteiger partial charge >= 0.3 is 0 Å². The predicted molar refractivity (Wildman–Crippen MR) is 108 cm³/mol. The molecule has 1 saturated heterocycles. The molecule has 0 saturated carbocycles. The van der Waals surface area contributed by atoms with E-state index in [1.807, 2.05) is 11.0 Å². The van der Waals surface area contributed by atoms with Gasteiger partial charge in [-0.1, -0.05) is 18.2 Å². The molecule has 0 aromatic heterocycles. The Balaban J connectivity index is 1.49. The standard InChI is InChI=1S/C20H23FN4O2S/c1-16-4-2-3-5-19(16)28(26,27)25-11-10-22-20(25)24-14-12-23(13-15-24)18-8-6-17(21)7-9-18/h2-9H,10-15H2,1H3. The molecule has 148 valence electrons. The number of sulfonamides is 1. The Morgan fingerprint density at radius 1 is 0.893 bits per heavy atom. The summed E-state index contributed by atoms with van der Waals surface area (Å²) in [6.07, 6.45) is 0. The SMILES string of the molecule is Cc1ccccc1S(=O)(=O)N1CCN=C1N1CCN(c2ccc(F)cc2)CC1. The van der Waals surface area contributed by atoms with Gasteiger partial charge in [0.1, 0.15) is 5.82 Å². The van der Waals surface area contributed by atoms with E-state index in [1.165, 1.54) is 16.4 Å². The topological polar surface area (TPSA) is 56.2 Å². The molecule has 0 spiro atoms. The van der Waals surface area contributed by atoms with Crippen molar-refractivity contribution in [3.8, 4) is 0 Å². The summed E-state index contributed by atoms with van der Waals surface area (Å²) in [6.45, 7) is 5.42. The van der Waals surface area contributed by atoms with Crippen molar-refractivity contribution in [2.75, 3.05) is 44.2 Å². The van der Waals surface area contributed by atoms with Gasteiger partial charge in [0, 0.05) is 31.9 Å². The van der Waals surface area contributed by atoms with E-state index in [4.69, 9.17) is 0 Å². The zero-order chi connectivity index (χ0) is 19.7. The molecule has 2 aliphatic heterocycles. The van der Waals surface area contributed by atoms with Crippen LogP contribution in [0.5, 0.6) is 0 Å². The quantitative estimate of drug-likeness (QED) is 0.791. The van der Waals surface area contributed by atoms with Gasteiger partial charge in [0.2, 0.25) is 5.96 Å². The van der Waals surface area contributed by atoms with Crippen molar-refractivity contribution in [3.63, 3.8) is 0 Å². The number of benzene rings is 2. The van der Waals surface area contributed by atoms with Crippen LogP contribution in [0.25, 0.3) is 0 Å². The summed E-state index contributed by atoms with van der Waals surface area (Å²) in [7, 11) is -3.63. The molecule has 0 amide bonds. The highest BCUT2D eigenvalue weighted by Gasteiger charge is 2.35. The molecule has 0 bridgehead atoms. The Morgan fingerprint density at radius 2 is 1.54 bits per heavy atom. The number of guanidine groups is 1. The number of piperazine rings is 1. The van der Waals surface area contributed by atoms with E-state index < -0.39 is 10.0 Å². The van der Waals surface area contributed by atoms with Crippen LogP contribution in [0.2, 0.25) is 0 Å². The Hall–Kier alpha value is -2.61. The number of rotatable bonds is 3. The number of aliphatic imine (C=N–C) groups is 1. The van der Waals surface area contributed by atoms with E-state index >= 15 is 0 Å². The minimum atomic E-state index is -3.63. The minimum Gasteiger partial charge on any atom is -0.368 e. The normalized spacial score (nSPS) is 17.8. The second-order valence-corrected chi connectivity index (χ2v) is 8.81. The van der Waals surface area contributed by atoms with Gasteiger partial charge in [0.15, 0.2) is 0 Å². The van der Waals surface area contributed by atoms with Crippen LogP contribution in [0.4, 0.5) is 10.1 Å². The number of nitrogens with zero attached hydrogens (tertiary/aromatic N) is 4. The molecular formula is C20H23FN4O2S. The predicted octanol–water partition coefficient (Wildman–Crippen LogP) is 2.32. The summed E-state index contributed by atoms with van der Waals surface area (Å²) in [5.74, 6) is 0.279. The monoisotopic (exact) mass is 402 g/mol. The van der Waals surface area contributed by atoms with Gasteiger partial charge in [0.05, 0.1) is 18.0 Å². The average Bonchev–Trinajstić information content (AvgIpc) is 3.20. The van der Waals surface area contributed by atoms with Gasteiger partial charge in [-0.25, -0.2) is 17.1 Å². The van der Waals surface area contributed by atoms with E-state index in [9.17, 15) is 12.8 Å². The zero-order valence-corrected chi connectivity index (χ0v) is 16.6. The Morgan fingerprint density at radius 3 is 2.21 bits per heavy atom. The summed E-state index contributed by atoms with van der Waals surface area (Å²) in [5, 5.41) is 0. The molecule has 2 aromatic rings. The minimum absolute atomic E-state index is 0.250. The Labute approximate surface area is 164 Å². The van der Waals surface area contributed by atoms with Crippen molar-refractivity contribution in [2.24, 2.45) is 4.99 Å². The molecule has 0 N–H and O–H groups in total. The van der Waals surface area contributed by atoms with Crippen LogP contribution in [0.15, 0.2) is 58.4 Å². The third-order valence-electron chi connectivity index (χ3n) is 5.20. The lowest BCUT2D eigenvalue weighted by atomic mass is 10.2. The van der Waals surface area contributed by atoms with Gasteiger partial charge in [-0.05, 0) is 42.8 Å². The highest BCUT2D eigenvalue weighted by Crippen LogP contribution is 2.24. The van der Waals surface area contributed by atoms with Crippen LogP contribution < -0.4 is 4.90 Å². The molecule has 28 heavy (non-hydrogen) atoms. The number of aryl methyl sites for hydroxylation is 1. The summed E-state index contributed by atoms with van der Waals surface area (Å²) < 4.78 is 41.0. The van der Waals surface area contributed by atoms with Crippen molar-refractivity contribution >= 4 is 21.7 Å². The lowest BCUT2D eigenvalue weighted by Gasteiger charge is -2.39.